The Morgan fingerprint density at radius 2 is 2.11 bits per heavy atom. The van der Waals surface area contributed by atoms with Gasteiger partial charge in [-0.2, -0.15) is 5.10 Å². The molecular formula is C11H15N5O3. The Balaban J connectivity index is 2.04. The zero-order valence-electron chi connectivity index (χ0n) is 10.1. The Hall–Kier alpha value is -1.77. The van der Waals surface area contributed by atoms with Crippen molar-refractivity contribution in [2.75, 3.05) is 12.3 Å². The standard InChI is InChI=1S/C11H15N5O3/c12-10-6-2-15-16(11(6)14-4-13-10)7-1-5(3-17)8(18)9(7)19/h2,4-5,7-9,17-19H,1,3H2,(H2,12,13,14)/t5-,7-,8-,9+/m1/s1. The van der Waals surface area contributed by atoms with Gasteiger partial charge in [-0.3, -0.25) is 0 Å². The number of hydrogen-bond donors (Lipinski definition) is 4. The first kappa shape index (κ1) is 12.3. The van der Waals surface area contributed by atoms with Crippen LogP contribution in [-0.4, -0.2) is 53.9 Å². The van der Waals surface area contributed by atoms with Crippen molar-refractivity contribution in [3.05, 3.63) is 12.5 Å². The lowest BCUT2D eigenvalue weighted by atomic mass is 10.1. The van der Waals surface area contributed by atoms with Gasteiger partial charge in [0.25, 0.3) is 0 Å². The predicted molar refractivity (Wildman–Crippen MR) is 66.0 cm³/mol. The minimum atomic E-state index is -0.989. The second-order valence-electron chi connectivity index (χ2n) is 4.81. The highest BCUT2D eigenvalue weighted by Gasteiger charge is 2.43. The Kier molecular flexibility index (Phi) is 2.85. The second-order valence-corrected chi connectivity index (χ2v) is 4.81. The number of nitrogens with zero attached hydrogens (tertiary/aromatic N) is 4. The molecule has 0 saturated heterocycles. The first-order valence-electron chi connectivity index (χ1n) is 6.04. The van der Waals surface area contributed by atoms with Crippen LogP contribution in [-0.2, 0) is 0 Å². The smallest absolute Gasteiger partial charge is 0.163 e. The first-order chi connectivity index (χ1) is 9.13. The Bertz CT molecular complexity index is 601. The molecule has 0 bridgehead atoms. The van der Waals surface area contributed by atoms with E-state index in [1.807, 2.05) is 0 Å². The Labute approximate surface area is 108 Å². The third kappa shape index (κ3) is 1.76. The van der Waals surface area contributed by atoms with Gasteiger partial charge in [-0.15, -0.1) is 0 Å². The summed E-state index contributed by atoms with van der Waals surface area (Å²) >= 11 is 0. The van der Waals surface area contributed by atoms with E-state index in [9.17, 15) is 15.3 Å². The number of aromatic nitrogens is 4. The largest absolute Gasteiger partial charge is 0.396 e. The van der Waals surface area contributed by atoms with Gasteiger partial charge in [-0.1, -0.05) is 0 Å². The maximum atomic E-state index is 10.1. The third-order valence-electron chi connectivity index (χ3n) is 3.74. The number of fused-ring (bicyclic) bond motifs is 1. The molecule has 0 spiro atoms. The molecule has 1 saturated carbocycles. The number of rotatable bonds is 2. The van der Waals surface area contributed by atoms with E-state index < -0.39 is 18.2 Å². The average Bonchev–Trinajstić information content (AvgIpc) is 2.94. The van der Waals surface area contributed by atoms with Gasteiger partial charge in [0.2, 0.25) is 0 Å². The zero-order chi connectivity index (χ0) is 13.6. The number of nitrogen functional groups attached to an aromatic ring is 1. The third-order valence-corrected chi connectivity index (χ3v) is 3.74. The molecule has 1 fully saturated rings. The zero-order valence-corrected chi connectivity index (χ0v) is 10.1. The van der Waals surface area contributed by atoms with E-state index in [1.165, 1.54) is 17.2 Å². The van der Waals surface area contributed by atoms with E-state index >= 15 is 0 Å². The molecule has 8 nitrogen and oxygen atoms in total. The minimum absolute atomic E-state index is 0.176. The number of anilines is 1. The van der Waals surface area contributed by atoms with Crippen molar-refractivity contribution >= 4 is 16.9 Å². The van der Waals surface area contributed by atoms with Crippen LogP contribution in [0.3, 0.4) is 0 Å². The lowest BCUT2D eigenvalue weighted by molar-refractivity contribution is -0.00492. The van der Waals surface area contributed by atoms with Crippen LogP contribution >= 0.6 is 0 Å². The summed E-state index contributed by atoms with van der Waals surface area (Å²) in [5, 5.41) is 33.9. The van der Waals surface area contributed by atoms with Crippen molar-refractivity contribution in [1.29, 1.82) is 0 Å². The average molecular weight is 265 g/mol. The van der Waals surface area contributed by atoms with Gasteiger partial charge in [0.15, 0.2) is 5.65 Å². The molecule has 0 amide bonds. The monoisotopic (exact) mass is 265 g/mol. The highest BCUT2D eigenvalue weighted by atomic mass is 16.3. The van der Waals surface area contributed by atoms with Crippen molar-refractivity contribution < 1.29 is 15.3 Å². The van der Waals surface area contributed by atoms with Crippen molar-refractivity contribution in [1.82, 2.24) is 19.7 Å². The summed E-state index contributed by atoms with van der Waals surface area (Å²) in [5.41, 5.74) is 6.24. The topological polar surface area (TPSA) is 130 Å². The van der Waals surface area contributed by atoms with Crippen molar-refractivity contribution in [2.45, 2.75) is 24.7 Å². The molecule has 0 aliphatic heterocycles. The van der Waals surface area contributed by atoms with E-state index in [0.29, 0.717) is 23.3 Å². The molecule has 8 heteroatoms. The van der Waals surface area contributed by atoms with E-state index in [-0.39, 0.29) is 12.5 Å². The van der Waals surface area contributed by atoms with Crippen LogP contribution in [0.5, 0.6) is 0 Å². The van der Waals surface area contributed by atoms with Crippen LogP contribution in [0.15, 0.2) is 12.5 Å². The van der Waals surface area contributed by atoms with Crippen molar-refractivity contribution in [3.8, 4) is 0 Å². The molecule has 5 N–H and O–H groups in total. The van der Waals surface area contributed by atoms with Crippen LogP contribution < -0.4 is 5.73 Å². The molecule has 1 aliphatic rings. The van der Waals surface area contributed by atoms with E-state index in [1.54, 1.807) is 0 Å². The molecule has 3 rings (SSSR count). The fraction of sp³-hybridized carbons (Fsp3) is 0.545. The van der Waals surface area contributed by atoms with Crippen molar-refractivity contribution in [3.63, 3.8) is 0 Å². The number of hydrogen-bond acceptors (Lipinski definition) is 7. The molecule has 0 aromatic carbocycles. The maximum Gasteiger partial charge on any atom is 0.163 e. The quantitative estimate of drug-likeness (QED) is 0.530. The first-order valence-corrected chi connectivity index (χ1v) is 6.04. The van der Waals surface area contributed by atoms with E-state index in [2.05, 4.69) is 15.1 Å². The summed E-state index contributed by atoms with van der Waals surface area (Å²) < 4.78 is 1.54. The SMILES string of the molecule is Nc1ncnc2c1cnn2[C@@H]1C[C@H](CO)[C@@H](O)[C@H]1O. The predicted octanol–water partition coefficient (Wildman–Crippen LogP) is -1.32. The van der Waals surface area contributed by atoms with Gasteiger partial charge in [0.05, 0.1) is 23.7 Å². The summed E-state index contributed by atoms with van der Waals surface area (Å²) in [6.07, 6.45) is 1.34. The van der Waals surface area contributed by atoms with Crippen LogP contribution in [0, 0.1) is 5.92 Å². The van der Waals surface area contributed by atoms with Gasteiger partial charge in [0, 0.05) is 12.5 Å². The van der Waals surface area contributed by atoms with Gasteiger partial charge in [-0.25, -0.2) is 14.6 Å². The van der Waals surface area contributed by atoms with Gasteiger partial charge in [-0.05, 0) is 6.42 Å². The Morgan fingerprint density at radius 1 is 1.32 bits per heavy atom. The number of nitrogens with two attached hydrogens (primary N) is 1. The van der Waals surface area contributed by atoms with Gasteiger partial charge < -0.3 is 21.1 Å². The van der Waals surface area contributed by atoms with E-state index in [0.717, 1.165) is 0 Å². The number of aliphatic hydroxyl groups is 3. The minimum Gasteiger partial charge on any atom is -0.396 e. The summed E-state index contributed by atoms with van der Waals surface area (Å²) in [4.78, 5) is 7.98. The molecular weight excluding hydrogens is 250 g/mol. The van der Waals surface area contributed by atoms with Crippen molar-refractivity contribution in [2.24, 2.45) is 5.92 Å². The summed E-state index contributed by atoms with van der Waals surface area (Å²) in [5.74, 6) is -0.0403. The second kappa shape index (κ2) is 4.41. The molecule has 2 heterocycles. The lowest BCUT2D eigenvalue weighted by Gasteiger charge is -2.17. The van der Waals surface area contributed by atoms with Crippen LogP contribution in [0.25, 0.3) is 11.0 Å². The molecule has 102 valence electrons. The summed E-state index contributed by atoms with van der Waals surface area (Å²) in [6, 6.07) is -0.432. The lowest BCUT2D eigenvalue weighted by Crippen LogP contribution is -2.30. The Morgan fingerprint density at radius 3 is 2.79 bits per heavy atom. The van der Waals surface area contributed by atoms with Crippen LogP contribution in [0.1, 0.15) is 12.5 Å². The summed E-state index contributed by atoms with van der Waals surface area (Å²) in [7, 11) is 0. The van der Waals surface area contributed by atoms with Gasteiger partial charge in [0.1, 0.15) is 18.2 Å². The van der Waals surface area contributed by atoms with Crippen LogP contribution in [0.4, 0.5) is 5.82 Å². The molecule has 2 aromatic heterocycles. The molecule has 4 atom stereocenters. The maximum absolute atomic E-state index is 10.1. The highest BCUT2D eigenvalue weighted by molar-refractivity contribution is 5.84. The molecule has 0 radical (unpaired) electrons. The van der Waals surface area contributed by atoms with Gasteiger partial charge >= 0.3 is 0 Å². The molecule has 1 aliphatic carbocycles. The molecule has 0 unspecified atom stereocenters. The highest BCUT2D eigenvalue weighted by Crippen LogP contribution is 2.36. The molecule has 19 heavy (non-hydrogen) atoms. The fourth-order valence-corrected chi connectivity index (χ4v) is 2.65. The van der Waals surface area contributed by atoms with E-state index in [4.69, 9.17) is 5.73 Å². The fourth-order valence-electron chi connectivity index (χ4n) is 2.65. The van der Waals surface area contributed by atoms with Crippen LogP contribution in [0.2, 0.25) is 0 Å². The number of aliphatic hydroxyl groups excluding tert-OH is 3. The summed E-state index contributed by atoms with van der Waals surface area (Å²) in [6.45, 7) is -0.176. The molecule has 2 aromatic rings. The normalized spacial score (nSPS) is 31.1.